The molecule has 2 rings (SSSR count). The van der Waals surface area contributed by atoms with Crippen LogP contribution >= 0.6 is 0 Å². The highest BCUT2D eigenvalue weighted by Crippen LogP contribution is 2.22. The molecule has 102 valence electrons. The summed E-state index contributed by atoms with van der Waals surface area (Å²) in [6.07, 6.45) is 0. The number of nitriles is 1. The molecule has 20 heavy (non-hydrogen) atoms. The van der Waals surface area contributed by atoms with Gasteiger partial charge < -0.3 is 4.74 Å². The SMILES string of the molecule is N#Cc1c(F)cccc1OCc1cc(F)cc(F)c1F. The molecule has 0 bridgehead atoms. The van der Waals surface area contributed by atoms with Crippen molar-refractivity contribution >= 4 is 0 Å². The summed E-state index contributed by atoms with van der Waals surface area (Å²) >= 11 is 0. The minimum Gasteiger partial charge on any atom is -0.487 e. The van der Waals surface area contributed by atoms with Crippen molar-refractivity contribution in [3.8, 4) is 11.8 Å². The average Bonchev–Trinajstić information content (AvgIpc) is 2.41. The molecule has 0 heterocycles. The molecule has 0 saturated carbocycles. The molecule has 2 nitrogen and oxygen atoms in total. The molecule has 0 aliphatic heterocycles. The van der Waals surface area contributed by atoms with Gasteiger partial charge in [0.05, 0.1) is 0 Å². The Bertz CT molecular complexity index is 694. The van der Waals surface area contributed by atoms with Gasteiger partial charge in [-0.2, -0.15) is 5.26 Å². The molecular formula is C14H7F4NO. The van der Waals surface area contributed by atoms with Crippen molar-refractivity contribution < 1.29 is 22.3 Å². The summed E-state index contributed by atoms with van der Waals surface area (Å²) in [5, 5.41) is 8.78. The van der Waals surface area contributed by atoms with E-state index in [0.717, 1.165) is 12.1 Å². The molecule has 2 aromatic rings. The largest absolute Gasteiger partial charge is 0.487 e. The molecule has 0 aromatic heterocycles. The molecule has 0 aliphatic carbocycles. The fourth-order valence-electron chi connectivity index (χ4n) is 1.60. The smallest absolute Gasteiger partial charge is 0.165 e. The van der Waals surface area contributed by atoms with Gasteiger partial charge in [-0.1, -0.05) is 6.07 Å². The second-order valence-corrected chi connectivity index (χ2v) is 3.87. The van der Waals surface area contributed by atoms with E-state index in [2.05, 4.69) is 0 Å². The third kappa shape index (κ3) is 2.72. The predicted molar refractivity (Wildman–Crippen MR) is 61.8 cm³/mol. The fourth-order valence-corrected chi connectivity index (χ4v) is 1.60. The van der Waals surface area contributed by atoms with Crippen molar-refractivity contribution in [1.29, 1.82) is 5.26 Å². The predicted octanol–water partition coefficient (Wildman–Crippen LogP) is 3.69. The first-order valence-corrected chi connectivity index (χ1v) is 5.47. The number of benzene rings is 2. The average molecular weight is 281 g/mol. The Morgan fingerprint density at radius 1 is 1.05 bits per heavy atom. The first-order valence-electron chi connectivity index (χ1n) is 5.47. The number of hydrogen-bond acceptors (Lipinski definition) is 2. The lowest BCUT2D eigenvalue weighted by atomic mass is 10.2. The number of nitrogens with zero attached hydrogens (tertiary/aromatic N) is 1. The van der Waals surface area contributed by atoms with E-state index in [1.54, 1.807) is 6.07 Å². The molecule has 0 spiro atoms. The molecule has 0 atom stereocenters. The lowest BCUT2D eigenvalue weighted by molar-refractivity contribution is 0.293. The molecule has 0 saturated heterocycles. The molecule has 6 heteroatoms. The number of hydrogen-bond donors (Lipinski definition) is 0. The maximum Gasteiger partial charge on any atom is 0.165 e. The van der Waals surface area contributed by atoms with E-state index in [1.165, 1.54) is 12.1 Å². The summed E-state index contributed by atoms with van der Waals surface area (Å²) in [7, 11) is 0. The van der Waals surface area contributed by atoms with Crippen LogP contribution in [0.25, 0.3) is 0 Å². The van der Waals surface area contributed by atoms with Gasteiger partial charge in [0.1, 0.15) is 35.6 Å². The maximum absolute atomic E-state index is 13.4. The zero-order chi connectivity index (χ0) is 14.7. The van der Waals surface area contributed by atoms with Crippen LogP contribution in [-0.2, 0) is 6.61 Å². The Kier molecular flexibility index (Phi) is 3.89. The van der Waals surface area contributed by atoms with Gasteiger partial charge >= 0.3 is 0 Å². The van der Waals surface area contributed by atoms with Crippen LogP contribution in [0.5, 0.6) is 5.75 Å². The Balaban J connectivity index is 2.26. The third-order valence-corrected chi connectivity index (χ3v) is 2.54. The van der Waals surface area contributed by atoms with Crippen LogP contribution in [0.3, 0.4) is 0 Å². The van der Waals surface area contributed by atoms with Gasteiger partial charge in [0.25, 0.3) is 0 Å². The third-order valence-electron chi connectivity index (χ3n) is 2.54. The highest BCUT2D eigenvalue weighted by molar-refractivity contribution is 5.43. The van der Waals surface area contributed by atoms with Gasteiger partial charge in [-0.15, -0.1) is 0 Å². The van der Waals surface area contributed by atoms with Crippen LogP contribution in [0.1, 0.15) is 11.1 Å². The Hall–Kier alpha value is -2.55. The van der Waals surface area contributed by atoms with Crippen molar-refractivity contribution in [2.24, 2.45) is 0 Å². The van der Waals surface area contributed by atoms with E-state index in [1.807, 2.05) is 0 Å². The Morgan fingerprint density at radius 3 is 2.50 bits per heavy atom. The zero-order valence-corrected chi connectivity index (χ0v) is 9.96. The molecule has 0 unspecified atom stereocenters. The van der Waals surface area contributed by atoms with Crippen LogP contribution in [0.2, 0.25) is 0 Å². The number of halogens is 4. The highest BCUT2D eigenvalue weighted by Gasteiger charge is 2.14. The van der Waals surface area contributed by atoms with Crippen LogP contribution in [0.4, 0.5) is 17.6 Å². The lowest BCUT2D eigenvalue weighted by Gasteiger charge is -2.09. The monoisotopic (exact) mass is 281 g/mol. The van der Waals surface area contributed by atoms with E-state index in [9.17, 15) is 17.6 Å². The van der Waals surface area contributed by atoms with E-state index < -0.39 is 29.9 Å². The molecule has 2 aromatic carbocycles. The standard InChI is InChI=1S/C14H7F4NO/c15-9-4-8(14(18)12(17)5-9)7-20-13-3-1-2-11(16)10(13)6-19/h1-5H,7H2. The van der Waals surface area contributed by atoms with Crippen molar-refractivity contribution in [1.82, 2.24) is 0 Å². The van der Waals surface area contributed by atoms with Crippen LogP contribution in [0, 0.1) is 34.6 Å². The van der Waals surface area contributed by atoms with E-state index in [0.29, 0.717) is 6.07 Å². The number of rotatable bonds is 3. The van der Waals surface area contributed by atoms with Gasteiger partial charge in [-0.3, -0.25) is 0 Å². The Morgan fingerprint density at radius 2 is 1.80 bits per heavy atom. The van der Waals surface area contributed by atoms with Gasteiger partial charge in [-0.25, -0.2) is 17.6 Å². The first-order chi connectivity index (χ1) is 9.52. The number of ether oxygens (including phenoxy) is 1. The van der Waals surface area contributed by atoms with Crippen LogP contribution in [-0.4, -0.2) is 0 Å². The van der Waals surface area contributed by atoms with Gasteiger partial charge in [0.15, 0.2) is 11.6 Å². The first kappa shape index (κ1) is 13.9. The van der Waals surface area contributed by atoms with E-state index >= 15 is 0 Å². The van der Waals surface area contributed by atoms with Crippen molar-refractivity contribution in [3.63, 3.8) is 0 Å². The van der Waals surface area contributed by atoms with Crippen molar-refractivity contribution in [3.05, 3.63) is 64.7 Å². The summed E-state index contributed by atoms with van der Waals surface area (Å²) in [6, 6.07) is 6.43. The highest BCUT2D eigenvalue weighted by atomic mass is 19.2. The van der Waals surface area contributed by atoms with Crippen molar-refractivity contribution in [2.75, 3.05) is 0 Å². The van der Waals surface area contributed by atoms with Crippen LogP contribution < -0.4 is 4.74 Å². The second kappa shape index (κ2) is 5.61. The quantitative estimate of drug-likeness (QED) is 0.635. The minimum absolute atomic E-state index is 0.128. The summed E-state index contributed by atoms with van der Waals surface area (Å²) in [6.45, 7) is -0.529. The zero-order valence-electron chi connectivity index (χ0n) is 9.96. The van der Waals surface area contributed by atoms with Gasteiger partial charge in [0, 0.05) is 11.6 Å². The van der Waals surface area contributed by atoms with Crippen molar-refractivity contribution in [2.45, 2.75) is 6.61 Å². The molecular weight excluding hydrogens is 274 g/mol. The Labute approximate surface area is 111 Å². The topological polar surface area (TPSA) is 33.0 Å². The molecule has 0 fully saturated rings. The normalized spacial score (nSPS) is 10.2. The van der Waals surface area contributed by atoms with E-state index in [4.69, 9.17) is 10.00 Å². The summed E-state index contributed by atoms with van der Waals surface area (Å²) in [5.74, 6) is -4.47. The molecule has 0 N–H and O–H groups in total. The maximum atomic E-state index is 13.4. The summed E-state index contributed by atoms with van der Waals surface area (Å²) < 4.78 is 57.7. The molecule has 0 aliphatic rings. The lowest BCUT2D eigenvalue weighted by Crippen LogP contribution is -2.03. The van der Waals surface area contributed by atoms with Gasteiger partial charge in [0.2, 0.25) is 0 Å². The fraction of sp³-hybridized carbons (Fsp3) is 0.0714. The summed E-state index contributed by atoms with van der Waals surface area (Å²) in [4.78, 5) is 0. The summed E-state index contributed by atoms with van der Waals surface area (Å²) in [5.41, 5.74) is -0.722. The molecule has 0 amide bonds. The molecule has 0 radical (unpaired) electrons. The second-order valence-electron chi connectivity index (χ2n) is 3.87. The van der Waals surface area contributed by atoms with E-state index in [-0.39, 0.29) is 16.9 Å². The van der Waals surface area contributed by atoms with Crippen LogP contribution in [0.15, 0.2) is 30.3 Å². The van der Waals surface area contributed by atoms with Gasteiger partial charge in [-0.05, 0) is 18.2 Å². The minimum atomic E-state index is -1.34.